The summed E-state index contributed by atoms with van der Waals surface area (Å²) in [4.78, 5) is 1.28. The first-order chi connectivity index (χ1) is 9.40. The third-order valence-corrected chi connectivity index (χ3v) is 2.27. The summed E-state index contributed by atoms with van der Waals surface area (Å²) in [7, 11) is 0. The molecular weight excluding hydrogens is 295 g/mol. The van der Waals surface area contributed by atoms with Gasteiger partial charge in [-0.2, -0.15) is 23.2 Å². The predicted molar refractivity (Wildman–Crippen MR) is 67.6 cm³/mol. The number of nitrogens with one attached hydrogen (secondary N) is 2. The Bertz CT molecular complexity index is 479. The van der Waals surface area contributed by atoms with Gasteiger partial charge in [-0.25, -0.2) is 0 Å². The Balaban J connectivity index is 2.32. The average molecular weight is 307 g/mol. The second-order valence-corrected chi connectivity index (χ2v) is 4.16. The molecule has 0 unspecified atom stereocenters. The van der Waals surface area contributed by atoms with Crippen LogP contribution in [-0.4, -0.2) is 38.0 Å². The first-order valence-electron chi connectivity index (χ1n) is 5.67. The highest BCUT2D eigenvalue weighted by Crippen LogP contribution is 2.12. The largest absolute Gasteiger partial charge is 0.405 e. The number of nitrogens with zero attached hydrogens (tertiary/aromatic N) is 5. The number of hydrogen-bond acceptors (Lipinski definition) is 5. The maximum atomic E-state index is 11.9. The molecule has 0 aliphatic rings. The van der Waals surface area contributed by atoms with Crippen LogP contribution >= 0.6 is 12.2 Å². The number of halogens is 3. The van der Waals surface area contributed by atoms with Crippen molar-refractivity contribution in [3.8, 4) is 6.07 Å². The fourth-order valence-electron chi connectivity index (χ4n) is 1.17. The molecule has 110 valence electrons. The van der Waals surface area contributed by atoms with E-state index in [1.54, 1.807) is 0 Å². The summed E-state index contributed by atoms with van der Waals surface area (Å²) in [6, 6.07) is 2.02. The molecule has 1 aromatic rings. The molecule has 0 aliphatic heterocycles. The zero-order valence-electron chi connectivity index (χ0n) is 10.3. The van der Waals surface area contributed by atoms with Gasteiger partial charge in [0.1, 0.15) is 6.54 Å². The van der Waals surface area contributed by atoms with Crippen molar-refractivity contribution in [2.24, 2.45) is 0 Å². The monoisotopic (exact) mass is 307 g/mol. The first kappa shape index (κ1) is 16.1. The number of rotatable bonds is 6. The Morgan fingerprint density at radius 2 is 2.15 bits per heavy atom. The van der Waals surface area contributed by atoms with Gasteiger partial charge < -0.3 is 5.32 Å². The van der Waals surface area contributed by atoms with E-state index in [-0.39, 0.29) is 11.1 Å². The van der Waals surface area contributed by atoms with E-state index in [0.717, 1.165) is 0 Å². The zero-order chi connectivity index (χ0) is 15.0. The van der Waals surface area contributed by atoms with Gasteiger partial charge in [-0.1, -0.05) is 5.10 Å². The van der Waals surface area contributed by atoms with Gasteiger partial charge in [-0.3, -0.25) is 5.32 Å². The maximum absolute atomic E-state index is 11.9. The summed E-state index contributed by atoms with van der Waals surface area (Å²) < 4.78 is 35.8. The Labute approximate surface area is 118 Å². The van der Waals surface area contributed by atoms with Gasteiger partial charge in [0.05, 0.1) is 12.6 Å². The van der Waals surface area contributed by atoms with Gasteiger partial charge in [-0.05, 0) is 30.3 Å². The average Bonchev–Trinajstić information content (AvgIpc) is 2.79. The molecule has 2 N–H and O–H groups in total. The smallest absolute Gasteiger partial charge is 0.353 e. The summed E-state index contributed by atoms with van der Waals surface area (Å²) >= 11 is 4.66. The van der Waals surface area contributed by atoms with E-state index in [1.807, 2.05) is 11.4 Å². The molecule has 0 saturated heterocycles. The minimum absolute atomic E-state index is 0.0185. The number of aryl methyl sites for hydroxylation is 1. The quantitative estimate of drug-likeness (QED) is 0.603. The van der Waals surface area contributed by atoms with Crippen LogP contribution in [-0.2, 0) is 6.54 Å². The fourth-order valence-corrected chi connectivity index (χ4v) is 1.34. The molecule has 11 heteroatoms. The van der Waals surface area contributed by atoms with Crippen molar-refractivity contribution >= 4 is 23.3 Å². The van der Waals surface area contributed by atoms with Crippen molar-refractivity contribution in [3.05, 3.63) is 0 Å². The fraction of sp³-hybridized carbons (Fsp3) is 0.667. The van der Waals surface area contributed by atoms with E-state index in [2.05, 4.69) is 32.9 Å². The van der Waals surface area contributed by atoms with Crippen molar-refractivity contribution in [1.29, 1.82) is 5.26 Å². The molecule has 0 amide bonds. The lowest BCUT2D eigenvalue weighted by Gasteiger charge is -2.09. The predicted octanol–water partition coefficient (Wildman–Crippen LogP) is 1.22. The Kier molecular flexibility index (Phi) is 6.10. The Morgan fingerprint density at radius 3 is 2.80 bits per heavy atom. The zero-order valence-corrected chi connectivity index (χ0v) is 11.1. The van der Waals surface area contributed by atoms with E-state index < -0.39 is 12.7 Å². The molecule has 0 spiro atoms. The molecule has 1 rings (SSSR count). The molecular formula is C9H12F3N7S. The number of aromatic nitrogens is 4. The highest BCUT2D eigenvalue weighted by molar-refractivity contribution is 7.80. The second kappa shape index (κ2) is 7.59. The molecule has 1 aromatic heterocycles. The molecule has 0 saturated carbocycles. The van der Waals surface area contributed by atoms with Crippen LogP contribution in [0.3, 0.4) is 0 Å². The summed E-state index contributed by atoms with van der Waals surface area (Å²) in [5.74, 6) is 0.0185. The molecule has 0 fully saturated rings. The highest BCUT2D eigenvalue weighted by Gasteiger charge is 2.27. The van der Waals surface area contributed by atoms with Crippen LogP contribution in [0.1, 0.15) is 19.3 Å². The lowest BCUT2D eigenvalue weighted by Crippen LogP contribution is -2.36. The Morgan fingerprint density at radius 1 is 1.40 bits per heavy atom. The molecule has 0 atom stereocenters. The standard InChI is InChI=1S/C9H12F3N7S/c10-9(11,12)6-14-8(20)15-7-16-18-19(17-7)5-3-1-2-4-13/h1-3,5-6H2,(H2,14,15,17,20). The van der Waals surface area contributed by atoms with E-state index in [1.165, 1.54) is 4.80 Å². The van der Waals surface area contributed by atoms with Gasteiger partial charge in [-0.15, -0.1) is 5.10 Å². The lowest BCUT2D eigenvalue weighted by molar-refractivity contribution is -0.121. The molecule has 0 radical (unpaired) electrons. The van der Waals surface area contributed by atoms with Crippen molar-refractivity contribution < 1.29 is 13.2 Å². The van der Waals surface area contributed by atoms with Crippen LogP contribution in [0.25, 0.3) is 0 Å². The summed E-state index contributed by atoms with van der Waals surface area (Å²) in [6.07, 6.45) is -2.48. The van der Waals surface area contributed by atoms with Gasteiger partial charge >= 0.3 is 6.18 Å². The Hall–Kier alpha value is -1.96. The van der Waals surface area contributed by atoms with Crippen LogP contribution in [0.5, 0.6) is 0 Å². The molecule has 1 heterocycles. The normalized spacial score (nSPS) is 10.9. The minimum Gasteiger partial charge on any atom is -0.353 e. The van der Waals surface area contributed by atoms with E-state index in [4.69, 9.17) is 5.26 Å². The third kappa shape index (κ3) is 6.83. The maximum Gasteiger partial charge on any atom is 0.405 e. The molecule has 0 bridgehead atoms. The van der Waals surface area contributed by atoms with E-state index >= 15 is 0 Å². The molecule has 0 aromatic carbocycles. The molecule has 20 heavy (non-hydrogen) atoms. The molecule has 0 aliphatic carbocycles. The third-order valence-electron chi connectivity index (χ3n) is 2.02. The van der Waals surface area contributed by atoms with E-state index in [9.17, 15) is 13.2 Å². The van der Waals surface area contributed by atoms with Crippen molar-refractivity contribution in [1.82, 2.24) is 25.5 Å². The van der Waals surface area contributed by atoms with Gasteiger partial charge in [0.15, 0.2) is 5.11 Å². The number of tetrazole rings is 1. The van der Waals surface area contributed by atoms with Crippen LogP contribution in [0.2, 0.25) is 0 Å². The second-order valence-electron chi connectivity index (χ2n) is 3.75. The summed E-state index contributed by atoms with van der Waals surface area (Å²) in [6.45, 7) is -0.764. The number of anilines is 1. The number of hydrogen-bond donors (Lipinski definition) is 2. The van der Waals surface area contributed by atoms with Crippen molar-refractivity contribution in [3.63, 3.8) is 0 Å². The summed E-state index contributed by atoms with van der Waals surface area (Å²) in [5, 5.41) is 23.7. The van der Waals surface area contributed by atoms with Crippen LogP contribution in [0.4, 0.5) is 19.1 Å². The SMILES string of the molecule is N#CCCCCn1nnc(NC(=S)NCC(F)(F)F)n1. The number of nitriles is 1. The topological polar surface area (TPSA) is 91.5 Å². The van der Waals surface area contributed by atoms with Crippen LogP contribution < -0.4 is 10.6 Å². The van der Waals surface area contributed by atoms with Crippen molar-refractivity contribution in [2.45, 2.75) is 32.0 Å². The number of thiocarbonyl (C=S) groups is 1. The van der Waals surface area contributed by atoms with E-state index in [0.29, 0.717) is 25.8 Å². The lowest BCUT2D eigenvalue weighted by atomic mass is 10.2. The first-order valence-corrected chi connectivity index (χ1v) is 6.08. The minimum atomic E-state index is -4.35. The van der Waals surface area contributed by atoms with Crippen LogP contribution in [0, 0.1) is 11.3 Å². The molecule has 7 nitrogen and oxygen atoms in total. The highest BCUT2D eigenvalue weighted by atomic mass is 32.1. The van der Waals surface area contributed by atoms with Gasteiger partial charge in [0.25, 0.3) is 5.95 Å². The van der Waals surface area contributed by atoms with Crippen molar-refractivity contribution in [2.75, 3.05) is 11.9 Å². The van der Waals surface area contributed by atoms with Crippen LogP contribution in [0.15, 0.2) is 0 Å². The number of alkyl halides is 3. The van der Waals surface area contributed by atoms with Gasteiger partial charge in [0.2, 0.25) is 0 Å². The number of unbranched alkanes of at least 4 members (excludes halogenated alkanes) is 2. The van der Waals surface area contributed by atoms with Gasteiger partial charge in [0, 0.05) is 6.42 Å². The summed E-state index contributed by atoms with van der Waals surface area (Å²) in [5.41, 5.74) is 0.